The molecule has 0 aromatic heterocycles. The van der Waals surface area contributed by atoms with E-state index < -0.39 is 0 Å². The van der Waals surface area contributed by atoms with E-state index in [9.17, 15) is 0 Å². The predicted octanol–water partition coefficient (Wildman–Crippen LogP) is 0.403. The highest BCUT2D eigenvalue weighted by atomic mass is 14.3. The van der Waals surface area contributed by atoms with Gasteiger partial charge in [0.2, 0.25) is 0 Å². The number of hydrogen-bond donors (Lipinski definition) is 0. The van der Waals surface area contributed by atoms with E-state index in [1.165, 1.54) is 146 Å². The molecule has 0 bridgehead atoms. The van der Waals surface area contributed by atoms with Crippen molar-refractivity contribution in [2.45, 2.75) is 0 Å². The zero-order chi connectivity index (χ0) is 41.0. The van der Waals surface area contributed by atoms with E-state index in [2.05, 4.69) is 0 Å². The van der Waals surface area contributed by atoms with Crippen molar-refractivity contribution in [3.8, 4) is 146 Å². The van der Waals surface area contributed by atoms with Crippen LogP contribution >= 0.6 is 0 Å². The molecule has 0 rings (SSSR count). The quantitative estimate of drug-likeness (QED) is 0.351. The van der Waals surface area contributed by atoms with Gasteiger partial charge in [0.1, 0.15) is 0 Å². The maximum Gasteiger partial charge on any atom is 0.181 e. The second-order valence-electron chi connectivity index (χ2n) is 2.68. The van der Waals surface area contributed by atoms with Crippen LogP contribution in [0.4, 0.5) is 0 Å². The first-order chi connectivity index (χ1) is 23.0. The van der Waals surface area contributed by atoms with Crippen LogP contribution in [0.1, 0.15) is 0 Å². The van der Waals surface area contributed by atoms with E-state index >= 15 is 0 Å². The Morgan fingerprint density at radius 3 is 0.104 bits per heavy atom. The highest BCUT2D eigenvalue weighted by Crippen LogP contribution is 1.31. The SMILES string of the molecule is N#CC#N.N#CC#N.N#CC#N.N#CC#N.N#CC#N.N#CC#N.N#CC#N.N#CC#N.N#CC#N.N#CC#N.N#CC#N.N#CC#N. The van der Waals surface area contributed by atoms with Gasteiger partial charge in [0.05, 0.1) is 0 Å². The van der Waals surface area contributed by atoms with E-state index in [1.54, 1.807) is 0 Å². The van der Waals surface area contributed by atoms with Gasteiger partial charge in [-0.1, -0.05) is 0 Å². The van der Waals surface area contributed by atoms with Crippen molar-refractivity contribution in [2.75, 3.05) is 0 Å². The standard InChI is InChI=1S/12C2N2/c12*3-1-2-4. The van der Waals surface area contributed by atoms with Crippen molar-refractivity contribution < 1.29 is 0 Å². The average molecular weight is 624 g/mol. The van der Waals surface area contributed by atoms with Crippen LogP contribution in [0.2, 0.25) is 0 Å². The molecule has 216 valence electrons. The minimum absolute atomic E-state index is 1.24. The Bertz CT molecular complexity index is 1220. The zero-order valence-corrected chi connectivity index (χ0v) is 22.7. The second kappa shape index (κ2) is 286. The van der Waals surface area contributed by atoms with Crippen molar-refractivity contribution in [2.24, 2.45) is 0 Å². The lowest BCUT2D eigenvalue weighted by Gasteiger charge is -1.16. The molecular formula is C24N24. The third kappa shape index (κ3) is 629000. The van der Waals surface area contributed by atoms with Crippen molar-refractivity contribution >= 4 is 0 Å². The number of hydrogen-bond acceptors (Lipinski definition) is 24. The molecule has 0 saturated heterocycles. The van der Waals surface area contributed by atoms with E-state index in [4.69, 9.17) is 126 Å². The molecule has 0 radical (unpaired) electrons. The molecule has 0 N–H and O–H groups in total. The Morgan fingerprint density at radius 1 is 0.0833 bits per heavy atom. The van der Waals surface area contributed by atoms with Crippen LogP contribution in [0, 0.1) is 272 Å². The van der Waals surface area contributed by atoms with Gasteiger partial charge in [0.15, 0.2) is 146 Å². The maximum atomic E-state index is 7.26. The molecule has 24 nitrogen and oxygen atoms in total. The molecule has 0 fully saturated rings. The molecule has 0 saturated carbocycles. The summed E-state index contributed by atoms with van der Waals surface area (Å²) in [6.45, 7) is 0. The van der Waals surface area contributed by atoms with Gasteiger partial charge in [0.25, 0.3) is 0 Å². The molecule has 0 aliphatic carbocycles. The third-order valence-electron chi connectivity index (χ3n) is 0.600. The lowest BCUT2D eigenvalue weighted by atomic mass is 10.9. The van der Waals surface area contributed by atoms with E-state index in [0.29, 0.717) is 0 Å². The highest BCUT2D eigenvalue weighted by molar-refractivity contribution is 5.02. The summed E-state index contributed by atoms with van der Waals surface area (Å²) in [5, 5.41) is 174. The molecule has 0 aliphatic rings. The lowest BCUT2D eigenvalue weighted by Crippen LogP contribution is -1.26. The number of nitrogens with zero attached hydrogens (tertiary/aromatic N) is 24. The Hall–Kier alpha value is -12.2. The molecule has 48 heavy (non-hydrogen) atoms. The minimum atomic E-state index is 1.24. The van der Waals surface area contributed by atoms with Crippen LogP contribution < -0.4 is 0 Å². The zero-order valence-electron chi connectivity index (χ0n) is 22.7. The van der Waals surface area contributed by atoms with Gasteiger partial charge >= 0.3 is 0 Å². The Balaban J connectivity index is -0.0000000295. The smallest absolute Gasteiger partial charge is 0.181 e. The molecule has 0 unspecified atom stereocenters. The van der Waals surface area contributed by atoms with E-state index in [0.717, 1.165) is 0 Å². The second-order valence-corrected chi connectivity index (χ2v) is 2.68. The summed E-state index contributed by atoms with van der Waals surface area (Å²) in [6, 6.07) is 29.7. The molecule has 0 aromatic carbocycles. The lowest BCUT2D eigenvalue weighted by molar-refractivity contribution is 1.49. The predicted molar refractivity (Wildman–Crippen MR) is 135 cm³/mol. The monoisotopic (exact) mass is 624 g/mol. The molecular weight excluding hydrogens is 624 g/mol. The first-order valence-electron chi connectivity index (χ1n) is 8.37. The number of rotatable bonds is 0. The first-order valence-corrected chi connectivity index (χ1v) is 8.37. The van der Waals surface area contributed by atoms with Crippen LogP contribution in [-0.4, -0.2) is 0 Å². The van der Waals surface area contributed by atoms with Gasteiger partial charge in [-0.25, -0.2) is 0 Å². The summed E-state index contributed by atoms with van der Waals surface area (Å²) < 4.78 is 0. The van der Waals surface area contributed by atoms with Crippen LogP contribution in [0.5, 0.6) is 0 Å². The van der Waals surface area contributed by atoms with Crippen molar-refractivity contribution in [3.63, 3.8) is 0 Å². The molecule has 0 atom stereocenters. The summed E-state index contributed by atoms with van der Waals surface area (Å²) in [7, 11) is 0. The average Bonchev–Trinajstić information content (AvgIpc) is 3.18. The third-order valence-corrected chi connectivity index (χ3v) is 0.600. The molecule has 0 amide bonds. The summed E-state index contributed by atoms with van der Waals surface area (Å²) in [6.07, 6.45) is 0. The largest absolute Gasteiger partial charge is 0.181 e. The molecule has 0 spiro atoms. The Labute approximate surface area is 272 Å². The highest BCUT2D eigenvalue weighted by Gasteiger charge is 1.43. The van der Waals surface area contributed by atoms with E-state index in [-0.39, 0.29) is 0 Å². The fourth-order valence-corrected chi connectivity index (χ4v) is 0. The topological polar surface area (TPSA) is 571 Å². The normalized spacial score (nSPS) is 2.50. The van der Waals surface area contributed by atoms with Gasteiger partial charge in [-0.05, 0) is 0 Å². The Morgan fingerprint density at radius 2 is 0.104 bits per heavy atom. The Kier molecular flexibility index (Phi) is 457. The fourth-order valence-electron chi connectivity index (χ4n) is 0. The van der Waals surface area contributed by atoms with Gasteiger partial charge < -0.3 is 0 Å². The first kappa shape index (κ1) is 76.5. The van der Waals surface area contributed by atoms with Crippen molar-refractivity contribution in [1.82, 2.24) is 0 Å². The van der Waals surface area contributed by atoms with Gasteiger partial charge in [-0.15, -0.1) is 0 Å². The van der Waals surface area contributed by atoms with Gasteiger partial charge in [0, 0.05) is 0 Å². The molecule has 0 aromatic rings. The van der Waals surface area contributed by atoms with Crippen LogP contribution in [0.15, 0.2) is 0 Å². The van der Waals surface area contributed by atoms with Gasteiger partial charge in [-0.3, -0.25) is 0 Å². The molecule has 0 heterocycles. The van der Waals surface area contributed by atoms with Crippen LogP contribution in [-0.2, 0) is 0 Å². The molecule has 0 aliphatic heterocycles. The summed E-state index contributed by atoms with van der Waals surface area (Å²) in [5.74, 6) is 0. The maximum absolute atomic E-state index is 7.26. The number of nitriles is 24. The van der Waals surface area contributed by atoms with E-state index in [1.807, 2.05) is 0 Å². The summed E-state index contributed by atoms with van der Waals surface area (Å²) in [5.41, 5.74) is 0. The summed E-state index contributed by atoms with van der Waals surface area (Å²) in [4.78, 5) is 0. The van der Waals surface area contributed by atoms with Crippen LogP contribution in [0.3, 0.4) is 0 Å². The van der Waals surface area contributed by atoms with Crippen LogP contribution in [0.25, 0.3) is 0 Å². The van der Waals surface area contributed by atoms with Crippen molar-refractivity contribution in [3.05, 3.63) is 0 Å². The minimum Gasteiger partial charge on any atom is -0.181 e. The van der Waals surface area contributed by atoms with Gasteiger partial charge in [-0.2, -0.15) is 126 Å². The summed E-state index contributed by atoms with van der Waals surface area (Å²) >= 11 is 0. The fraction of sp³-hybridized carbons (Fsp3) is 0. The van der Waals surface area contributed by atoms with Crippen molar-refractivity contribution in [1.29, 1.82) is 126 Å². The molecule has 24 heteroatoms.